The van der Waals surface area contributed by atoms with Crippen LogP contribution in [0.2, 0.25) is 0 Å². The number of ether oxygens (including phenoxy) is 4. The number of hydrogen-bond acceptors (Lipinski definition) is 6. The monoisotopic (exact) mass is 507 g/mol. The second-order valence-corrected chi connectivity index (χ2v) is 6.76. The van der Waals surface area contributed by atoms with Crippen molar-refractivity contribution in [1.29, 1.82) is 0 Å². The molecule has 2 aliphatic heterocycles. The van der Waals surface area contributed by atoms with Crippen molar-refractivity contribution in [1.82, 2.24) is 10.6 Å². The number of nitrogens with zero attached hydrogens (tertiary/aromatic N) is 1. The quantitative estimate of drug-likeness (QED) is 0.203. The van der Waals surface area contributed by atoms with Gasteiger partial charge < -0.3 is 34.7 Å². The van der Waals surface area contributed by atoms with Crippen molar-refractivity contribution in [3.8, 4) is 17.2 Å². The number of rotatable bonds is 9. The lowest BCUT2D eigenvalue weighted by Gasteiger charge is -2.24. The van der Waals surface area contributed by atoms with Crippen LogP contribution in [0.1, 0.15) is 19.8 Å². The highest BCUT2D eigenvalue weighted by Gasteiger charge is 2.34. The number of aliphatic imine (C=N–C) groups is 1. The van der Waals surface area contributed by atoms with Crippen molar-refractivity contribution in [3.63, 3.8) is 0 Å². The molecule has 0 aliphatic carbocycles. The third-order valence-corrected chi connectivity index (χ3v) is 4.75. The Morgan fingerprint density at radius 3 is 2.89 bits per heavy atom. The number of aliphatic hydroxyl groups excluding tert-OH is 1. The molecule has 0 bridgehead atoms. The maximum atomic E-state index is 9.33. The molecule has 0 spiro atoms. The molecule has 158 valence electrons. The van der Waals surface area contributed by atoms with E-state index in [1.165, 1.54) is 0 Å². The average molecular weight is 507 g/mol. The van der Waals surface area contributed by atoms with E-state index in [1.807, 2.05) is 25.1 Å². The summed E-state index contributed by atoms with van der Waals surface area (Å²) in [7, 11) is 0. The van der Waals surface area contributed by atoms with Crippen molar-refractivity contribution in [2.24, 2.45) is 10.4 Å². The van der Waals surface area contributed by atoms with Crippen LogP contribution in [-0.2, 0) is 4.74 Å². The summed E-state index contributed by atoms with van der Waals surface area (Å²) >= 11 is 0. The molecule has 1 aromatic rings. The maximum absolute atomic E-state index is 9.33. The van der Waals surface area contributed by atoms with E-state index in [1.54, 1.807) is 0 Å². The highest BCUT2D eigenvalue weighted by atomic mass is 127. The molecule has 9 heteroatoms. The molecule has 0 saturated carbocycles. The number of halogens is 1. The molecule has 2 heterocycles. The average Bonchev–Trinajstić information content (AvgIpc) is 3.33. The van der Waals surface area contributed by atoms with Crippen molar-refractivity contribution >= 4 is 29.9 Å². The van der Waals surface area contributed by atoms with Gasteiger partial charge in [0.2, 0.25) is 6.79 Å². The third kappa shape index (κ3) is 6.28. The zero-order valence-corrected chi connectivity index (χ0v) is 18.6. The topological polar surface area (TPSA) is 93.6 Å². The van der Waals surface area contributed by atoms with Gasteiger partial charge in [0.15, 0.2) is 17.5 Å². The number of hydrogen-bond donors (Lipinski definition) is 3. The highest BCUT2D eigenvalue weighted by molar-refractivity contribution is 14.0. The minimum absolute atomic E-state index is 0. The van der Waals surface area contributed by atoms with Crippen molar-refractivity contribution in [3.05, 3.63) is 18.2 Å². The summed E-state index contributed by atoms with van der Waals surface area (Å²) in [5, 5.41) is 15.9. The molecule has 0 aromatic heterocycles. The van der Waals surface area contributed by atoms with E-state index in [0.717, 1.165) is 37.0 Å². The van der Waals surface area contributed by atoms with Crippen LogP contribution in [-0.4, -0.2) is 63.9 Å². The van der Waals surface area contributed by atoms with Gasteiger partial charge in [0, 0.05) is 31.2 Å². The summed E-state index contributed by atoms with van der Waals surface area (Å²) in [5.41, 5.74) is -0.0555. The van der Waals surface area contributed by atoms with Crippen LogP contribution < -0.4 is 24.8 Å². The standard InChI is InChI=1S/C19H29N3O5.HI/c1-2-20-18(22-12-19(5-8-23)6-9-24-13-19)21-7-10-25-15-3-4-16-17(11-15)27-14-26-16;/h3-4,11,23H,2,5-10,12-14H2,1H3,(H2,20,21,22);1H. The summed E-state index contributed by atoms with van der Waals surface area (Å²) in [4.78, 5) is 4.69. The molecule has 1 fully saturated rings. The molecule has 1 unspecified atom stereocenters. The second-order valence-electron chi connectivity index (χ2n) is 6.76. The molecule has 8 nitrogen and oxygen atoms in total. The molecule has 28 heavy (non-hydrogen) atoms. The van der Waals surface area contributed by atoms with Gasteiger partial charge in [-0.2, -0.15) is 0 Å². The Labute approximate surface area is 183 Å². The highest BCUT2D eigenvalue weighted by Crippen LogP contribution is 2.35. The molecule has 0 amide bonds. The smallest absolute Gasteiger partial charge is 0.231 e. The molecular formula is C19H30IN3O5. The Morgan fingerprint density at radius 2 is 2.14 bits per heavy atom. The first-order valence-electron chi connectivity index (χ1n) is 9.48. The molecule has 2 aliphatic rings. The van der Waals surface area contributed by atoms with Gasteiger partial charge in [-0.3, -0.25) is 4.99 Å². The zero-order chi connectivity index (χ0) is 19.0. The first-order chi connectivity index (χ1) is 13.2. The normalized spacial score (nSPS) is 20.6. The number of aliphatic hydroxyl groups is 1. The molecule has 1 aromatic carbocycles. The van der Waals surface area contributed by atoms with E-state index in [-0.39, 0.29) is 42.8 Å². The lowest BCUT2D eigenvalue weighted by atomic mass is 9.84. The van der Waals surface area contributed by atoms with Crippen LogP contribution in [0.4, 0.5) is 0 Å². The minimum atomic E-state index is -0.0555. The van der Waals surface area contributed by atoms with Crippen LogP contribution in [0.3, 0.4) is 0 Å². The van der Waals surface area contributed by atoms with Gasteiger partial charge in [-0.05, 0) is 31.9 Å². The summed E-state index contributed by atoms with van der Waals surface area (Å²) in [6, 6.07) is 5.55. The van der Waals surface area contributed by atoms with Crippen molar-refractivity contribution < 1.29 is 24.1 Å². The molecule has 1 saturated heterocycles. The van der Waals surface area contributed by atoms with E-state index < -0.39 is 0 Å². The summed E-state index contributed by atoms with van der Waals surface area (Å²) in [5.74, 6) is 2.95. The van der Waals surface area contributed by atoms with Gasteiger partial charge in [-0.15, -0.1) is 24.0 Å². The maximum Gasteiger partial charge on any atom is 0.231 e. The summed E-state index contributed by atoms with van der Waals surface area (Å²) in [6.45, 7) is 6.36. The van der Waals surface area contributed by atoms with Gasteiger partial charge in [0.1, 0.15) is 12.4 Å². The Morgan fingerprint density at radius 1 is 1.29 bits per heavy atom. The van der Waals surface area contributed by atoms with E-state index >= 15 is 0 Å². The van der Waals surface area contributed by atoms with Crippen LogP contribution in [0.5, 0.6) is 17.2 Å². The lowest BCUT2D eigenvalue weighted by Crippen LogP contribution is -2.40. The fraction of sp³-hybridized carbons (Fsp3) is 0.632. The van der Waals surface area contributed by atoms with E-state index in [0.29, 0.717) is 38.5 Å². The summed E-state index contributed by atoms with van der Waals surface area (Å²) < 4.78 is 21.9. The Balaban J connectivity index is 0.00000280. The van der Waals surface area contributed by atoms with Crippen molar-refractivity contribution in [2.75, 3.05) is 52.9 Å². The predicted octanol–water partition coefficient (Wildman–Crippen LogP) is 1.76. The van der Waals surface area contributed by atoms with Gasteiger partial charge >= 0.3 is 0 Å². The molecule has 3 N–H and O–H groups in total. The Kier molecular flexibility index (Phi) is 9.39. The molecule has 0 radical (unpaired) electrons. The first kappa shape index (κ1) is 22.8. The molecular weight excluding hydrogens is 477 g/mol. The van der Waals surface area contributed by atoms with Gasteiger partial charge in [-0.25, -0.2) is 0 Å². The first-order valence-corrected chi connectivity index (χ1v) is 9.48. The fourth-order valence-electron chi connectivity index (χ4n) is 3.18. The Bertz CT molecular complexity index is 638. The number of benzene rings is 1. The number of fused-ring (bicyclic) bond motifs is 1. The van der Waals surface area contributed by atoms with Crippen molar-refractivity contribution in [2.45, 2.75) is 19.8 Å². The SMILES string of the molecule is CCNC(=NCC1(CCO)CCOC1)NCCOc1ccc2c(c1)OCO2.I. The summed E-state index contributed by atoms with van der Waals surface area (Å²) in [6.07, 6.45) is 1.65. The largest absolute Gasteiger partial charge is 0.492 e. The fourth-order valence-corrected chi connectivity index (χ4v) is 3.18. The predicted molar refractivity (Wildman–Crippen MR) is 117 cm³/mol. The minimum Gasteiger partial charge on any atom is -0.492 e. The number of guanidine groups is 1. The van der Waals surface area contributed by atoms with E-state index in [4.69, 9.17) is 18.9 Å². The number of nitrogens with one attached hydrogen (secondary N) is 2. The second kappa shape index (κ2) is 11.5. The zero-order valence-electron chi connectivity index (χ0n) is 16.2. The molecule has 3 rings (SSSR count). The lowest BCUT2D eigenvalue weighted by molar-refractivity contribution is 0.131. The Hall–Kier alpha value is -1.46. The molecule has 1 atom stereocenters. The van der Waals surface area contributed by atoms with Crippen LogP contribution in [0.15, 0.2) is 23.2 Å². The van der Waals surface area contributed by atoms with Crippen LogP contribution in [0.25, 0.3) is 0 Å². The van der Waals surface area contributed by atoms with E-state index in [9.17, 15) is 5.11 Å². The van der Waals surface area contributed by atoms with Gasteiger partial charge in [0.05, 0.1) is 19.7 Å². The van der Waals surface area contributed by atoms with Gasteiger partial charge in [-0.1, -0.05) is 0 Å². The van der Waals surface area contributed by atoms with Crippen LogP contribution >= 0.6 is 24.0 Å². The van der Waals surface area contributed by atoms with Crippen LogP contribution in [0, 0.1) is 5.41 Å². The van der Waals surface area contributed by atoms with E-state index in [2.05, 4.69) is 15.6 Å². The third-order valence-electron chi connectivity index (χ3n) is 4.75. The van der Waals surface area contributed by atoms with Gasteiger partial charge in [0.25, 0.3) is 0 Å².